The molecule has 2 N–H and O–H groups in total. The van der Waals surface area contributed by atoms with Gasteiger partial charge in [0.1, 0.15) is 0 Å². The second-order valence-corrected chi connectivity index (χ2v) is 5.25. The molecule has 0 unspecified atom stereocenters. The second kappa shape index (κ2) is 4.68. The van der Waals surface area contributed by atoms with Gasteiger partial charge in [-0.1, -0.05) is 0 Å². The highest BCUT2D eigenvalue weighted by Crippen LogP contribution is 2.02. The Balaban J connectivity index is 1.93. The van der Waals surface area contributed by atoms with Gasteiger partial charge in [-0.15, -0.1) is 0 Å². The van der Waals surface area contributed by atoms with Crippen LogP contribution in [-0.2, 0) is 23.5 Å². The molecule has 0 radical (unpaired) electrons. The summed E-state index contributed by atoms with van der Waals surface area (Å²) in [5, 5.41) is 4.08. The smallest absolute Gasteiger partial charge is 0.257 e. The van der Waals surface area contributed by atoms with Crippen molar-refractivity contribution < 1.29 is 8.42 Å². The molecule has 0 fully saturated rings. The van der Waals surface area contributed by atoms with Crippen LogP contribution >= 0.6 is 0 Å². The highest BCUT2D eigenvalue weighted by Gasteiger charge is 2.14. The van der Waals surface area contributed by atoms with Crippen molar-refractivity contribution in [2.75, 3.05) is 6.54 Å². The lowest BCUT2D eigenvalue weighted by atomic mass is 10.3. The quantitative estimate of drug-likeness (QED) is 0.764. The number of imidazole rings is 1. The molecule has 2 heterocycles. The highest BCUT2D eigenvalue weighted by atomic mass is 32.2. The molecule has 0 spiro atoms. The number of H-pyrrole nitrogens is 1. The Morgan fingerprint density at radius 2 is 2.35 bits per heavy atom. The van der Waals surface area contributed by atoms with E-state index in [0.717, 1.165) is 5.69 Å². The Morgan fingerprint density at radius 3 is 2.94 bits per heavy atom. The summed E-state index contributed by atoms with van der Waals surface area (Å²) in [6.07, 6.45) is 4.87. The van der Waals surface area contributed by atoms with Crippen molar-refractivity contribution in [3.05, 3.63) is 30.5 Å². The third-order valence-corrected chi connectivity index (χ3v) is 3.74. The fourth-order valence-corrected chi connectivity index (χ4v) is 2.36. The summed E-state index contributed by atoms with van der Waals surface area (Å²) in [7, 11) is -1.66. The number of hydrogen-bond acceptors (Lipinski definition) is 4. The zero-order valence-electron chi connectivity index (χ0n) is 9.29. The molecule has 0 aliphatic rings. The predicted molar refractivity (Wildman–Crippen MR) is 60.7 cm³/mol. The average Bonchev–Trinajstić information content (AvgIpc) is 2.90. The van der Waals surface area contributed by atoms with E-state index in [1.54, 1.807) is 10.9 Å². The van der Waals surface area contributed by atoms with Crippen LogP contribution in [0.15, 0.2) is 29.8 Å². The average molecular weight is 255 g/mol. The molecule has 2 aromatic heterocycles. The molecule has 0 aromatic carbocycles. The van der Waals surface area contributed by atoms with Gasteiger partial charge in [-0.25, -0.2) is 18.1 Å². The lowest BCUT2D eigenvalue weighted by Crippen LogP contribution is -2.26. The first-order valence-electron chi connectivity index (χ1n) is 5.04. The largest absolute Gasteiger partial charge is 0.335 e. The van der Waals surface area contributed by atoms with E-state index in [1.807, 2.05) is 13.1 Å². The number of rotatable bonds is 5. The van der Waals surface area contributed by atoms with E-state index >= 15 is 0 Å². The van der Waals surface area contributed by atoms with Gasteiger partial charge in [-0.2, -0.15) is 5.10 Å². The van der Waals surface area contributed by atoms with E-state index in [1.165, 1.54) is 12.5 Å². The fourth-order valence-electron chi connectivity index (χ4n) is 1.43. The second-order valence-electron chi connectivity index (χ2n) is 3.51. The van der Waals surface area contributed by atoms with Crippen molar-refractivity contribution in [3.63, 3.8) is 0 Å². The monoisotopic (exact) mass is 255 g/mol. The predicted octanol–water partition coefficient (Wildman–Crippen LogP) is -0.336. The minimum Gasteiger partial charge on any atom is -0.335 e. The number of nitrogens with zero attached hydrogens (tertiary/aromatic N) is 3. The Bertz CT molecular complexity index is 572. The van der Waals surface area contributed by atoms with Crippen LogP contribution in [0, 0.1) is 0 Å². The minimum absolute atomic E-state index is 0.0718. The molecule has 92 valence electrons. The van der Waals surface area contributed by atoms with Crippen molar-refractivity contribution in [2.45, 2.75) is 11.4 Å². The summed E-state index contributed by atoms with van der Waals surface area (Å²) in [4.78, 5) is 6.23. The van der Waals surface area contributed by atoms with Crippen LogP contribution in [0.3, 0.4) is 0 Å². The van der Waals surface area contributed by atoms with Crippen LogP contribution in [0.1, 0.15) is 5.69 Å². The minimum atomic E-state index is -3.48. The Labute approximate surface area is 98.9 Å². The van der Waals surface area contributed by atoms with E-state index in [0.29, 0.717) is 13.0 Å². The van der Waals surface area contributed by atoms with Gasteiger partial charge in [-0.05, 0) is 6.07 Å². The lowest BCUT2D eigenvalue weighted by molar-refractivity contribution is 0.576. The number of nitrogens with one attached hydrogen (secondary N) is 2. The Kier molecular flexibility index (Phi) is 3.25. The number of hydrogen-bond donors (Lipinski definition) is 2. The third-order valence-electron chi connectivity index (χ3n) is 2.36. The third kappa shape index (κ3) is 2.71. The maximum Gasteiger partial charge on any atom is 0.257 e. The van der Waals surface area contributed by atoms with Crippen molar-refractivity contribution in [2.24, 2.45) is 7.05 Å². The van der Waals surface area contributed by atoms with Gasteiger partial charge >= 0.3 is 0 Å². The zero-order valence-corrected chi connectivity index (χ0v) is 10.1. The molecule has 0 bridgehead atoms. The fraction of sp³-hybridized carbons (Fsp3) is 0.333. The van der Waals surface area contributed by atoms with Crippen molar-refractivity contribution >= 4 is 10.0 Å². The number of aromatic nitrogens is 4. The molecule has 0 aliphatic carbocycles. The van der Waals surface area contributed by atoms with Gasteiger partial charge in [0, 0.05) is 31.9 Å². The normalized spacial score (nSPS) is 11.8. The molecular weight excluding hydrogens is 242 g/mol. The SMILES string of the molecule is Cn1nccc1CCNS(=O)(=O)c1cnc[nH]1. The number of aryl methyl sites for hydroxylation is 1. The van der Waals surface area contributed by atoms with E-state index in [-0.39, 0.29) is 5.03 Å². The van der Waals surface area contributed by atoms with Gasteiger partial charge in [0.05, 0.1) is 12.5 Å². The topological polar surface area (TPSA) is 92.7 Å². The summed E-state index contributed by atoms with van der Waals surface area (Å²) in [5.74, 6) is 0. The van der Waals surface area contributed by atoms with Crippen molar-refractivity contribution in [3.8, 4) is 0 Å². The molecule has 7 nitrogen and oxygen atoms in total. The standard InChI is InChI=1S/C9H13N5O2S/c1-14-8(2-4-12-14)3-5-13-17(15,16)9-6-10-7-11-9/h2,4,6-7,13H,3,5H2,1H3,(H,10,11). The highest BCUT2D eigenvalue weighted by molar-refractivity contribution is 7.89. The first-order chi connectivity index (χ1) is 8.09. The van der Waals surface area contributed by atoms with Gasteiger partial charge in [0.2, 0.25) is 0 Å². The van der Waals surface area contributed by atoms with E-state index < -0.39 is 10.0 Å². The summed E-state index contributed by atoms with van der Waals surface area (Å²) in [5.41, 5.74) is 0.970. The molecule has 0 amide bonds. The van der Waals surface area contributed by atoms with Crippen molar-refractivity contribution in [1.29, 1.82) is 0 Å². The van der Waals surface area contributed by atoms with Crippen LogP contribution in [0.5, 0.6) is 0 Å². The lowest BCUT2D eigenvalue weighted by Gasteiger charge is -2.04. The first kappa shape index (κ1) is 11.8. The first-order valence-corrected chi connectivity index (χ1v) is 6.53. The van der Waals surface area contributed by atoms with E-state index in [2.05, 4.69) is 19.8 Å². The van der Waals surface area contributed by atoms with Crippen LogP contribution < -0.4 is 4.72 Å². The molecule has 0 saturated carbocycles. The van der Waals surface area contributed by atoms with Gasteiger partial charge < -0.3 is 4.98 Å². The van der Waals surface area contributed by atoms with Crippen LogP contribution in [-0.4, -0.2) is 34.7 Å². The maximum atomic E-state index is 11.7. The molecular formula is C9H13N5O2S. The number of aromatic amines is 1. The van der Waals surface area contributed by atoms with Crippen LogP contribution in [0.25, 0.3) is 0 Å². The summed E-state index contributed by atoms with van der Waals surface area (Å²) in [6, 6.07) is 1.85. The molecule has 17 heavy (non-hydrogen) atoms. The molecule has 2 rings (SSSR count). The zero-order chi connectivity index (χ0) is 12.3. The van der Waals surface area contributed by atoms with Gasteiger partial charge in [0.15, 0.2) is 5.03 Å². The summed E-state index contributed by atoms with van der Waals surface area (Å²) >= 11 is 0. The van der Waals surface area contributed by atoms with Crippen LogP contribution in [0.2, 0.25) is 0 Å². The molecule has 0 atom stereocenters. The molecule has 0 saturated heterocycles. The Hall–Kier alpha value is -1.67. The van der Waals surface area contributed by atoms with Crippen LogP contribution in [0.4, 0.5) is 0 Å². The molecule has 2 aromatic rings. The van der Waals surface area contributed by atoms with E-state index in [4.69, 9.17) is 0 Å². The summed E-state index contributed by atoms with van der Waals surface area (Å²) in [6.45, 7) is 0.320. The number of sulfonamides is 1. The maximum absolute atomic E-state index is 11.7. The van der Waals surface area contributed by atoms with E-state index in [9.17, 15) is 8.42 Å². The Morgan fingerprint density at radius 1 is 1.53 bits per heavy atom. The summed E-state index contributed by atoms with van der Waals surface area (Å²) < 4.78 is 27.6. The van der Waals surface area contributed by atoms with Gasteiger partial charge in [0.25, 0.3) is 10.0 Å². The van der Waals surface area contributed by atoms with Gasteiger partial charge in [-0.3, -0.25) is 4.68 Å². The molecule has 0 aliphatic heterocycles. The molecule has 8 heteroatoms. The van der Waals surface area contributed by atoms with Crippen molar-refractivity contribution in [1.82, 2.24) is 24.5 Å².